The number of aliphatic imine (C=N–C) groups is 1. The van der Waals surface area contributed by atoms with Crippen molar-refractivity contribution in [2.75, 3.05) is 25.1 Å². The molecule has 1 aromatic rings. The second kappa shape index (κ2) is 8.74. The van der Waals surface area contributed by atoms with Gasteiger partial charge < -0.3 is 10.6 Å². The Morgan fingerprint density at radius 2 is 2.33 bits per heavy atom. The van der Waals surface area contributed by atoms with Gasteiger partial charge in [-0.2, -0.15) is 11.8 Å². The highest BCUT2D eigenvalue weighted by Gasteiger charge is 2.02. The number of pyridine rings is 1. The number of hydrogen-bond acceptors (Lipinski definition) is 3. The van der Waals surface area contributed by atoms with Crippen molar-refractivity contribution in [2.45, 2.75) is 13.5 Å². The summed E-state index contributed by atoms with van der Waals surface area (Å²) in [5.74, 6) is 1.38. The van der Waals surface area contributed by atoms with Gasteiger partial charge in [0.25, 0.3) is 0 Å². The number of nitrogens with zero attached hydrogens (tertiary/aromatic N) is 2. The number of hydrogen-bond donors (Lipinski definition) is 2. The first-order valence-corrected chi connectivity index (χ1v) is 7.27. The van der Waals surface area contributed by atoms with Crippen LogP contribution in [0.4, 0.5) is 4.39 Å². The fourth-order valence-electron chi connectivity index (χ4n) is 1.30. The SMILES string of the molecule is CCNC(=NCc1ncccc1F)NCCSC. The summed E-state index contributed by atoms with van der Waals surface area (Å²) in [6.07, 6.45) is 3.62. The Morgan fingerprint density at radius 1 is 1.50 bits per heavy atom. The molecule has 4 nitrogen and oxygen atoms in total. The Morgan fingerprint density at radius 3 is 3.00 bits per heavy atom. The zero-order valence-corrected chi connectivity index (χ0v) is 11.6. The molecule has 0 amide bonds. The molecule has 0 saturated carbocycles. The molecule has 100 valence electrons. The monoisotopic (exact) mass is 270 g/mol. The van der Waals surface area contributed by atoms with Crippen molar-refractivity contribution in [3.63, 3.8) is 0 Å². The van der Waals surface area contributed by atoms with Crippen molar-refractivity contribution in [1.29, 1.82) is 0 Å². The van der Waals surface area contributed by atoms with Crippen molar-refractivity contribution in [1.82, 2.24) is 15.6 Å². The number of nitrogens with one attached hydrogen (secondary N) is 2. The molecule has 1 rings (SSSR count). The molecule has 0 unspecified atom stereocenters. The largest absolute Gasteiger partial charge is 0.357 e. The normalized spacial score (nSPS) is 11.4. The van der Waals surface area contributed by atoms with E-state index in [1.54, 1.807) is 24.0 Å². The average Bonchev–Trinajstić information content (AvgIpc) is 2.38. The molecule has 0 aliphatic carbocycles. The van der Waals surface area contributed by atoms with Crippen molar-refractivity contribution in [2.24, 2.45) is 4.99 Å². The quantitative estimate of drug-likeness (QED) is 0.469. The van der Waals surface area contributed by atoms with Crippen LogP contribution in [0, 0.1) is 5.82 Å². The number of guanidine groups is 1. The van der Waals surface area contributed by atoms with E-state index in [0.717, 1.165) is 18.8 Å². The number of halogens is 1. The van der Waals surface area contributed by atoms with Gasteiger partial charge in [-0.15, -0.1) is 0 Å². The summed E-state index contributed by atoms with van der Waals surface area (Å²) in [5.41, 5.74) is 0.361. The van der Waals surface area contributed by atoms with Crippen molar-refractivity contribution in [3.05, 3.63) is 29.8 Å². The van der Waals surface area contributed by atoms with Crippen LogP contribution in [0.25, 0.3) is 0 Å². The molecule has 0 atom stereocenters. The molecule has 0 bridgehead atoms. The third-order valence-electron chi connectivity index (χ3n) is 2.16. The van der Waals surface area contributed by atoms with Crippen LogP contribution >= 0.6 is 11.8 Å². The highest BCUT2D eigenvalue weighted by molar-refractivity contribution is 7.98. The lowest BCUT2D eigenvalue weighted by molar-refractivity contribution is 0.599. The zero-order chi connectivity index (χ0) is 13.2. The lowest BCUT2D eigenvalue weighted by atomic mass is 10.3. The second-order valence-corrected chi connectivity index (χ2v) is 4.53. The maximum atomic E-state index is 13.4. The fourth-order valence-corrected chi connectivity index (χ4v) is 1.61. The molecule has 2 N–H and O–H groups in total. The van der Waals surface area contributed by atoms with Crippen molar-refractivity contribution < 1.29 is 4.39 Å². The topological polar surface area (TPSA) is 49.3 Å². The van der Waals surface area contributed by atoms with Crippen LogP contribution in [-0.4, -0.2) is 36.0 Å². The van der Waals surface area contributed by atoms with E-state index in [1.165, 1.54) is 6.07 Å². The molecule has 0 aromatic carbocycles. The summed E-state index contributed by atoms with van der Waals surface area (Å²) >= 11 is 1.76. The molecule has 0 fully saturated rings. The Hall–Kier alpha value is -1.30. The summed E-state index contributed by atoms with van der Waals surface area (Å²) in [6, 6.07) is 2.97. The Bertz CT molecular complexity index is 384. The summed E-state index contributed by atoms with van der Waals surface area (Å²) < 4.78 is 13.4. The molecule has 6 heteroatoms. The molecule has 0 spiro atoms. The molecule has 1 aromatic heterocycles. The zero-order valence-electron chi connectivity index (χ0n) is 10.7. The van der Waals surface area contributed by atoms with Gasteiger partial charge in [-0.25, -0.2) is 9.38 Å². The first kappa shape index (κ1) is 14.8. The van der Waals surface area contributed by atoms with Crippen LogP contribution in [0.1, 0.15) is 12.6 Å². The minimum atomic E-state index is -0.318. The van der Waals surface area contributed by atoms with Crippen molar-refractivity contribution in [3.8, 4) is 0 Å². The molecular formula is C12H19FN4S. The number of rotatable bonds is 6. The van der Waals surface area contributed by atoms with Gasteiger partial charge in [0.1, 0.15) is 5.82 Å². The van der Waals surface area contributed by atoms with E-state index in [9.17, 15) is 4.39 Å². The van der Waals surface area contributed by atoms with Gasteiger partial charge in [0.2, 0.25) is 0 Å². The number of aromatic nitrogens is 1. The average molecular weight is 270 g/mol. The van der Waals surface area contributed by atoms with E-state index in [2.05, 4.69) is 26.9 Å². The third-order valence-corrected chi connectivity index (χ3v) is 2.78. The first-order valence-electron chi connectivity index (χ1n) is 5.88. The Labute approximate surface area is 111 Å². The van der Waals surface area contributed by atoms with E-state index in [4.69, 9.17) is 0 Å². The maximum Gasteiger partial charge on any atom is 0.191 e. The smallest absolute Gasteiger partial charge is 0.191 e. The molecule has 0 aliphatic heterocycles. The lowest BCUT2D eigenvalue weighted by Gasteiger charge is -2.10. The van der Waals surface area contributed by atoms with Gasteiger partial charge in [-0.05, 0) is 25.3 Å². The van der Waals surface area contributed by atoms with Gasteiger partial charge in [-0.1, -0.05) is 0 Å². The summed E-state index contributed by atoms with van der Waals surface area (Å²) in [7, 11) is 0. The van der Waals surface area contributed by atoms with Crippen LogP contribution in [0.3, 0.4) is 0 Å². The summed E-state index contributed by atoms with van der Waals surface area (Å²) in [6.45, 7) is 3.84. The van der Waals surface area contributed by atoms with Gasteiger partial charge in [0.05, 0.1) is 12.2 Å². The summed E-state index contributed by atoms with van der Waals surface area (Å²) in [5, 5.41) is 6.29. The van der Waals surface area contributed by atoms with E-state index in [1.807, 2.05) is 6.92 Å². The highest BCUT2D eigenvalue weighted by Crippen LogP contribution is 2.03. The fraction of sp³-hybridized carbons (Fsp3) is 0.500. The van der Waals surface area contributed by atoms with Gasteiger partial charge >= 0.3 is 0 Å². The molecule has 1 heterocycles. The number of thioether (sulfide) groups is 1. The molecule has 18 heavy (non-hydrogen) atoms. The van der Waals surface area contributed by atoms with E-state index >= 15 is 0 Å². The van der Waals surface area contributed by atoms with Gasteiger partial charge in [0.15, 0.2) is 5.96 Å². The minimum absolute atomic E-state index is 0.237. The Kier molecular flexibility index (Phi) is 7.17. The van der Waals surface area contributed by atoms with E-state index < -0.39 is 0 Å². The van der Waals surface area contributed by atoms with E-state index in [-0.39, 0.29) is 12.4 Å². The van der Waals surface area contributed by atoms with Crippen LogP contribution in [0.5, 0.6) is 0 Å². The third kappa shape index (κ3) is 5.35. The van der Waals surface area contributed by atoms with Crippen LogP contribution in [-0.2, 0) is 6.54 Å². The lowest BCUT2D eigenvalue weighted by Crippen LogP contribution is -2.38. The molecular weight excluding hydrogens is 251 g/mol. The predicted octanol–water partition coefficient (Wildman–Crippen LogP) is 1.64. The second-order valence-electron chi connectivity index (χ2n) is 3.55. The minimum Gasteiger partial charge on any atom is -0.357 e. The summed E-state index contributed by atoms with van der Waals surface area (Å²) in [4.78, 5) is 8.26. The van der Waals surface area contributed by atoms with Crippen LogP contribution in [0.2, 0.25) is 0 Å². The van der Waals surface area contributed by atoms with Gasteiger partial charge in [0, 0.05) is 25.0 Å². The predicted molar refractivity (Wildman–Crippen MR) is 75.4 cm³/mol. The Balaban J connectivity index is 2.56. The molecule has 0 saturated heterocycles. The van der Waals surface area contributed by atoms with Crippen molar-refractivity contribution >= 4 is 17.7 Å². The van der Waals surface area contributed by atoms with Crippen LogP contribution in [0.15, 0.2) is 23.3 Å². The maximum absolute atomic E-state index is 13.4. The molecule has 0 aliphatic rings. The standard InChI is InChI=1S/C12H19FN4S/c1-3-14-12(16-7-8-18-2)17-9-11-10(13)5-4-6-15-11/h4-6H,3,7-9H2,1-2H3,(H2,14,16,17). The highest BCUT2D eigenvalue weighted by atomic mass is 32.2. The van der Waals surface area contributed by atoms with Gasteiger partial charge in [-0.3, -0.25) is 4.98 Å². The first-order chi connectivity index (χ1) is 8.77. The van der Waals surface area contributed by atoms with Crippen LogP contribution < -0.4 is 10.6 Å². The molecule has 0 radical (unpaired) electrons. The van der Waals surface area contributed by atoms with E-state index in [0.29, 0.717) is 11.7 Å².